The molecule has 5 heterocycles. The van der Waals surface area contributed by atoms with Gasteiger partial charge in [0.15, 0.2) is 0 Å². The number of nitrogens with zero attached hydrogens (tertiary/aromatic N) is 5. The zero-order valence-corrected chi connectivity index (χ0v) is 20.4. The van der Waals surface area contributed by atoms with Crippen molar-refractivity contribution in [1.82, 2.24) is 24.1 Å². The van der Waals surface area contributed by atoms with Gasteiger partial charge in [0, 0.05) is 40.6 Å². The van der Waals surface area contributed by atoms with Gasteiger partial charge in [0.2, 0.25) is 0 Å². The summed E-state index contributed by atoms with van der Waals surface area (Å²) in [6.45, 7) is 0. The average molecular weight is 488 g/mol. The van der Waals surface area contributed by atoms with Gasteiger partial charge >= 0.3 is 0 Å². The largest absolute Gasteiger partial charge is 0.307 e. The summed E-state index contributed by atoms with van der Waals surface area (Å²) in [6, 6.07) is 37.6. The first-order chi connectivity index (χ1) is 18.9. The molecule has 0 fully saturated rings. The molecule has 0 N–H and O–H groups in total. The molecule has 8 aromatic rings. The summed E-state index contributed by atoms with van der Waals surface area (Å²) in [7, 11) is 0. The number of rotatable bonds is 3. The van der Waals surface area contributed by atoms with Crippen molar-refractivity contribution in [2.45, 2.75) is 0 Å². The van der Waals surface area contributed by atoms with Crippen LogP contribution in [0, 0.1) is 0 Å². The van der Waals surface area contributed by atoms with E-state index in [0.717, 1.165) is 66.5 Å². The summed E-state index contributed by atoms with van der Waals surface area (Å²) in [5, 5.41) is 2.26. The molecular weight excluding hydrogens is 466 g/mol. The molecule has 0 spiro atoms. The van der Waals surface area contributed by atoms with E-state index in [0.29, 0.717) is 0 Å². The van der Waals surface area contributed by atoms with Gasteiger partial charge < -0.3 is 4.57 Å². The first-order valence-electron chi connectivity index (χ1n) is 12.6. The van der Waals surface area contributed by atoms with E-state index in [4.69, 9.17) is 15.0 Å². The van der Waals surface area contributed by atoms with Gasteiger partial charge in [0.25, 0.3) is 0 Å². The van der Waals surface area contributed by atoms with Crippen LogP contribution in [0.15, 0.2) is 128 Å². The molecule has 178 valence electrons. The van der Waals surface area contributed by atoms with E-state index < -0.39 is 0 Å². The second-order valence-electron chi connectivity index (χ2n) is 9.38. The van der Waals surface area contributed by atoms with E-state index in [1.165, 1.54) is 0 Å². The van der Waals surface area contributed by atoms with Crippen molar-refractivity contribution in [3.8, 4) is 22.6 Å². The highest BCUT2D eigenvalue weighted by Gasteiger charge is 2.22. The highest BCUT2D eigenvalue weighted by atomic mass is 15.1. The maximum atomic E-state index is 4.98. The third-order valence-corrected chi connectivity index (χ3v) is 7.26. The normalized spacial score (nSPS) is 11.7. The van der Waals surface area contributed by atoms with Crippen LogP contribution in [0.1, 0.15) is 0 Å². The fourth-order valence-electron chi connectivity index (χ4n) is 5.60. The van der Waals surface area contributed by atoms with Gasteiger partial charge in [-0.15, -0.1) is 0 Å². The van der Waals surface area contributed by atoms with Gasteiger partial charge in [-0.05, 0) is 48.0 Å². The van der Waals surface area contributed by atoms with Crippen LogP contribution in [-0.2, 0) is 0 Å². The Hall–Kier alpha value is -5.29. The molecule has 0 unspecified atom stereocenters. The number of para-hydroxylation sites is 2. The summed E-state index contributed by atoms with van der Waals surface area (Å²) >= 11 is 0. The molecule has 3 aromatic carbocycles. The number of hydrogen-bond acceptors (Lipinski definition) is 3. The lowest BCUT2D eigenvalue weighted by Gasteiger charge is -2.12. The summed E-state index contributed by atoms with van der Waals surface area (Å²) in [4.78, 5) is 14.7. The van der Waals surface area contributed by atoms with Crippen LogP contribution in [0.3, 0.4) is 0 Å². The maximum absolute atomic E-state index is 4.98. The Morgan fingerprint density at radius 1 is 0.447 bits per heavy atom. The van der Waals surface area contributed by atoms with Crippen molar-refractivity contribution >= 4 is 43.9 Å². The van der Waals surface area contributed by atoms with E-state index in [-0.39, 0.29) is 0 Å². The van der Waals surface area contributed by atoms with Crippen molar-refractivity contribution in [2.75, 3.05) is 0 Å². The smallest absolute Gasteiger partial charge is 0.137 e. The average Bonchev–Trinajstić information content (AvgIpc) is 3.51. The molecule has 8 rings (SSSR count). The van der Waals surface area contributed by atoms with Crippen molar-refractivity contribution in [3.63, 3.8) is 0 Å². The van der Waals surface area contributed by atoms with Gasteiger partial charge in [-0.1, -0.05) is 66.7 Å². The van der Waals surface area contributed by atoms with Crippen LogP contribution in [-0.4, -0.2) is 24.1 Å². The molecule has 38 heavy (non-hydrogen) atoms. The summed E-state index contributed by atoms with van der Waals surface area (Å²) in [5.41, 5.74) is 9.25. The monoisotopic (exact) mass is 487 g/mol. The Morgan fingerprint density at radius 2 is 1.21 bits per heavy atom. The van der Waals surface area contributed by atoms with Crippen molar-refractivity contribution in [3.05, 3.63) is 128 Å². The van der Waals surface area contributed by atoms with Crippen LogP contribution in [0.25, 0.3) is 66.5 Å². The Balaban J connectivity index is 1.52. The summed E-state index contributed by atoms with van der Waals surface area (Å²) in [5.74, 6) is 0.830. The highest BCUT2D eigenvalue weighted by molar-refractivity contribution is 6.21. The maximum Gasteiger partial charge on any atom is 0.137 e. The minimum Gasteiger partial charge on any atom is -0.307 e. The molecule has 0 aliphatic heterocycles. The van der Waals surface area contributed by atoms with Crippen LogP contribution >= 0.6 is 0 Å². The van der Waals surface area contributed by atoms with Crippen LogP contribution in [0.4, 0.5) is 0 Å². The van der Waals surface area contributed by atoms with Gasteiger partial charge in [-0.25, -0.2) is 4.98 Å². The molecular formula is C33H21N5. The lowest BCUT2D eigenvalue weighted by atomic mass is 10.1. The molecule has 5 nitrogen and oxygen atoms in total. The van der Waals surface area contributed by atoms with E-state index in [2.05, 4.69) is 88.0 Å². The molecule has 0 bridgehead atoms. The number of hydrogen-bond donors (Lipinski definition) is 0. The zero-order chi connectivity index (χ0) is 25.1. The second-order valence-corrected chi connectivity index (χ2v) is 9.38. The van der Waals surface area contributed by atoms with Crippen molar-refractivity contribution in [1.29, 1.82) is 0 Å². The molecule has 5 heteroatoms. The molecule has 0 aliphatic carbocycles. The van der Waals surface area contributed by atoms with E-state index in [1.807, 2.05) is 48.9 Å². The summed E-state index contributed by atoms with van der Waals surface area (Å²) in [6.07, 6.45) is 5.76. The van der Waals surface area contributed by atoms with E-state index >= 15 is 0 Å². The first kappa shape index (κ1) is 20.9. The molecule has 0 radical (unpaired) electrons. The molecule has 0 saturated heterocycles. The quantitative estimate of drug-likeness (QED) is 0.256. The van der Waals surface area contributed by atoms with Gasteiger partial charge in [0.05, 0.1) is 16.6 Å². The Bertz CT molecular complexity index is 2110. The molecule has 0 aliphatic rings. The fraction of sp³-hybridized carbons (Fsp3) is 0. The lowest BCUT2D eigenvalue weighted by Crippen LogP contribution is -2.00. The SMILES string of the molecule is c1ccc(-c2ccc(-n3c4cccnc4c4ncc5c6ccccc6n(-c6ccccc6)c5c43)nc2)cc1. The lowest BCUT2D eigenvalue weighted by molar-refractivity contribution is 1.07. The van der Waals surface area contributed by atoms with Gasteiger partial charge in [0.1, 0.15) is 22.4 Å². The Kier molecular flexibility index (Phi) is 4.45. The first-order valence-corrected chi connectivity index (χ1v) is 12.6. The summed E-state index contributed by atoms with van der Waals surface area (Å²) < 4.78 is 4.54. The predicted molar refractivity (Wildman–Crippen MR) is 154 cm³/mol. The number of aromatic nitrogens is 5. The predicted octanol–water partition coefficient (Wildman–Crippen LogP) is 7.73. The van der Waals surface area contributed by atoms with Crippen molar-refractivity contribution in [2.24, 2.45) is 0 Å². The molecule has 5 aromatic heterocycles. The van der Waals surface area contributed by atoms with Crippen LogP contribution < -0.4 is 0 Å². The highest BCUT2D eigenvalue weighted by Crippen LogP contribution is 2.39. The standard InChI is InChI=1S/C33H21N5/c1-3-10-22(11-4-1)23-17-18-29(35-20-23)38-28-16-9-19-34-30(28)31-33(38)32-26(21-36-31)25-14-7-8-15-27(25)37(32)24-12-5-2-6-13-24/h1-21H. The third-order valence-electron chi connectivity index (χ3n) is 7.26. The number of pyridine rings is 3. The van der Waals surface area contributed by atoms with E-state index in [1.54, 1.807) is 0 Å². The number of benzene rings is 3. The zero-order valence-electron chi connectivity index (χ0n) is 20.4. The third kappa shape index (κ3) is 2.96. The molecule has 0 saturated carbocycles. The number of fused-ring (bicyclic) bond motifs is 7. The van der Waals surface area contributed by atoms with Gasteiger partial charge in [-0.3, -0.25) is 14.5 Å². The molecule has 0 amide bonds. The minimum atomic E-state index is 0.830. The van der Waals surface area contributed by atoms with E-state index in [9.17, 15) is 0 Å². The Morgan fingerprint density at radius 3 is 2.03 bits per heavy atom. The second kappa shape index (κ2) is 8.11. The van der Waals surface area contributed by atoms with Crippen LogP contribution in [0.2, 0.25) is 0 Å². The fourth-order valence-corrected chi connectivity index (χ4v) is 5.60. The van der Waals surface area contributed by atoms with Crippen LogP contribution in [0.5, 0.6) is 0 Å². The topological polar surface area (TPSA) is 48.5 Å². The van der Waals surface area contributed by atoms with Gasteiger partial charge in [-0.2, -0.15) is 0 Å². The van der Waals surface area contributed by atoms with Crippen molar-refractivity contribution < 1.29 is 0 Å². The Labute approximate surface area is 218 Å². The minimum absolute atomic E-state index is 0.830. The molecule has 0 atom stereocenters.